The van der Waals surface area contributed by atoms with Gasteiger partial charge in [0.2, 0.25) is 15.9 Å². The van der Waals surface area contributed by atoms with Gasteiger partial charge in [0.25, 0.3) is 0 Å². The van der Waals surface area contributed by atoms with Crippen LogP contribution in [0.2, 0.25) is 0 Å². The number of benzene rings is 1. The van der Waals surface area contributed by atoms with E-state index in [2.05, 4.69) is 5.32 Å². The predicted molar refractivity (Wildman–Crippen MR) is 92.2 cm³/mol. The third-order valence-electron chi connectivity index (χ3n) is 3.79. The van der Waals surface area contributed by atoms with E-state index in [1.54, 1.807) is 31.2 Å². The second kappa shape index (κ2) is 7.68. The second-order valence-electron chi connectivity index (χ2n) is 5.97. The Labute approximate surface area is 138 Å². The van der Waals surface area contributed by atoms with Crippen molar-refractivity contribution in [2.75, 3.05) is 17.7 Å². The molecular weight excluding hydrogens is 316 g/mol. The molecule has 23 heavy (non-hydrogen) atoms. The molecular formula is C16H26N2O4S. The molecule has 7 heteroatoms. The van der Waals surface area contributed by atoms with Crippen LogP contribution < -0.4 is 14.4 Å². The van der Waals surface area contributed by atoms with E-state index in [1.807, 2.05) is 20.8 Å². The quantitative estimate of drug-likeness (QED) is 0.822. The Morgan fingerprint density at radius 2 is 1.65 bits per heavy atom. The summed E-state index contributed by atoms with van der Waals surface area (Å²) in [4.78, 5) is 12.4. The molecule has 0 bridgehead atoms. The lowest BCUT2D eigenvalue weighted by atomic mass is 10.1. The van der Waals surface area contributed by atoms with Crippen LogP contribution in [0.15, 0.2) is 24.3 Å². The number of hydrogen-bond donors (Lipinski definition) is 1. The lowest BCUT2D eigenvalue weighted by Gasteiger charge is -2.30. The summed E-state index contributed by atoms with van der Waals surface area (Å²) >= 11 is 0. The fourth-order valence-electron chi connectivity index (χ4n) is 2.05. The van der Waals surface area contributed by atoms with Gasteiger partial charge in [-0.25, -0.2) is 8.42 Å². The first-order chi connectivity index (χ1) is 10.6. The van der Waals surface area contributed by atoms with E-state index in [-0.39, 0.29) is 17.9 Å². The molecule has 2 atom stereocenters. The van der Waals surface area contributed by atoms with Crippen LogP contribution in [0.4, 0.5) is 5.69 Å². The molecule has 0 heterocycles. The maximum atomic E-state index is 12.4. The molecule has 130 valence electrons. The van der Waals surface area contributed by atoms with Crippen molar-refractivity contribution in [1.29, 1.82) is 0 Å². The Bertz CT molecular complexity index is 626. The standard InChI is InChI=1S/C16H26N2O4S/c1-11(2)12(3)17-16(19)13(4)18(23(6,20)21)14-7-9-15(22-5)10-8-14/h7-13H,1-6H3,(H,17,19)/t12-,13+/m0/s1. The van der Waals surface area contributed by atoms with Crippen LogP contribution in [0.1, 0.15) is 27.7 Å². The van der Waals surface area contributed by atoms with Crippen LogP contribution in [0.5, 0.6) is 5.75 Å². The Balaban J connectivity index is 3.09. The molecule has 1 aromatic rings. The minimum Gasteiger partial charge on any atom is -0.497 e. The fraction of sp³-hybridized carbons (Fsp3) is 0.562. The Morgan fingerprint density at radius 3 is 2.04 bits per heavy atom. The largest absolute Gasteiger partial charge is 0.497 e. The average molecular weight is 342 g/mol. The maximum absolute atomic E-state index is 12.4. The number of carbonyl (C=O) groups is 1. The van der Waals surface area contributed by atoms with Gasteiger partial charge in [0, 0.05) is 6.04 Å². The van der Waals surface area contributed by atoms with Gasteiger partial charge < -0.3 is 10.1 Å². The van der Waals surface area contributed by atoms with E-state index in [9.17, 15) is 13.2 Å². The third-order valence-corrected chi connectivity index (χ3v) is 5.03. The molecule has 1 aromatic carbocycles. The van der Waals surface area contributed by atoms with E-state index in [0.29, 0.717) is 11.4 Å². The highest BCUT2D eigenvalue weighted by atomic mass is 32.2. The summed E-state index contributed by atoms with van der Waals surface area (Å²) in [5, 5.41) is 2.85. The van der Waals surface area contributed by atoms with Gasteiger partial charge in [0.05, 0.1) is 19.1 Å². The van der Waals surface area contributed by atoms with Gasteiger partial charge in [-0.05, 0) is 44.0 Å². The van der Waals surface area contributed by atoms with Gasteiger partial charge in [-0.3, -0.25) is 9.10 Å². The van der Waals surface area contributed by atoms with E-state index in [0.717, 1.165) is 10.6 Å². The smallest absolute Gasteiger partial charge is 0.243 e. The average Bonchev–Trinajstić information content (AvgIpc) is 2.46. The van der Waals surface area contributed by atoms with Crippen molar-refractivity contribution in [1.82, 2.24) is 5.32 Å². The normalized spacial score (nSPS) is 14.2. The number of carbonyl (C=O) groups excluding carboxylic acids is 1. The van der Waals surface area contributed by atoms with Crippen LogP contribution in [-0.4, -0.2) is 39.8 Å². The summed E-state index contributed by atoms with van der Waals surface area (Å²) in [7, 11) is -2.07. The number of anilines is 1. The van der Waals surface area contributed by atoms with Gasteiger partial charge >= 0.3 is 0 Å². The highest BCUT2D eigenvalue weighted by Gasteiger charge is 2.30. The molecule has 0 saturated carbocycles. The molecule has 0 spiro atoms. The van der Waals surface area contributed by atoms with Crippen LogP contribution >= 0.6 is 0 Å². The maximum Gasteiger partial charge on any atom is 0.243 e. The van der Waals surface area contributed by atoms with Crippen LogP contribution in [0.3, 0.4) is 0 Å². The predicted octanol–water partition coefficient (Wildman–Crippen LogP) is 2.01. The molecule has 1 amide bonds. The minimum absolute atomic E-state index is 0.0396. The fourth-order valence-corrected chi connectivity index (χ4v) is 3.22. The number of rotatable bonds is 7. The Kier molecular flexibility index (Phi) is 6.44. The van der Waals surface area contributed by atoms with E-state index in [1.165, 1.54) is 7.11 Å². The SMILES string of the molecule is COc1ccc(N([C@H](C)C(=O)N[C@@H](C)C(C)C)S(C)(=O)=O)cc1. The third kappa shape index (κ3) is 5.13. The second-order valence-corrected chi connectivity index (χ2v) is 7.83. The van der Waals surface area contributed by atoms with Gasteiger partial charge in [0.15, 0.2) is 0 Å². The summed E-state index contributed by atoms with van der Waals surface area (Å²) in [6, 6.07) is 5.68. The molecule has 0 saturated heterocycles. The highest BCUT2D eigenvalue weighted by Crippen LogP contribution is 2.23. The van der Waals surface area contributed by atoms with Crippen molar-refractivity contribution < 1.29 is 17.9 Å². The molecule has 0 unspecified atom stereocenters. The summed E-state index contributed by atoms with van der Waals surface area (Å²) in [5.41, 5.74) is 0.424. The number of amides is 1. The van der Waals surface area contributed by atoms with Gasteiger partial charge in [-0.2, -0.15) is 0 Å². The molecule has 0 aliphatic rings. The number of hydrogen-bond acceptors (Lipinski definition) is 4. The van der Waals surface area contributed by atoms with Gasteiger partial charge in [-0.1, -0.05) is 13.8 Å². The molecule has 0 aromatic heterocycles. The number of sulfonamides is 1. The molecule has 0 aliphatic carbocycles. The van der Waals surface area contributed by atoms with Crippen LogP contribution in [-0.2, 0) is 14.8 Å². The van der Waals surface area contributed by atoms with Crippen molar-refractivity contribution in [2.24, 2.45) is 5.92 Å². The molecule has 6 nitrogen and oxygen atoms in total. The lowest BCUT2D eigenvalue weighted by Crippen LogP contribution is -2.50. The van der Waals surface area contributed by atoms with Gasteiger partial charge in [0.1, 0.15) is 11.8 Å². The van der Waals surface area contributed by atoms with Crippen molar-refractivity contribution >= 4 is 21.6 Å². The monoisotopic (exact) mass is 342 g/mol. The first kappa shape index (κ1) is 19.3. The molecule has 0 fully saturated rings. The zero-order valence-corrected chi connectivity index (χ0v) is 15.3. The van der Waals surface area contributed by atoms with Crippen molar-refractivity contribution in [2.45, 2.75) is 39.8 Å². The molecule has 1 rings (SSSR count). The van der Waals surface area contributed by atoms with Crippen molar-refractivity contribution in [3.05, 3.63) is 24.3 Å². The number of ether oxygens (including phenoxy) is 1. The first-order valence-corrected chi connectivity index (χ1v) is 9.36. The zero-order valence-electron chi connectivity index (χ0n) is 14.5. The number of nitrogens with one attached hydrogen (secondary N) is 1. The molecule has 1 N–H and O–H groups in total. The van der Waals surface area contributed by atoms with E-state index < -0.39 is 16.1 Å². The molecule has 0 aliphatic heterocycles. The summed E-state index contributed by atoms with van der Waals surface area (Å²) in [6.07, 6.45) is 1.09. The Hall–Kier alpha value is -1.76. The topological polar surface area (TPSA) is 75.7 Å². The summed E-state index contributed by atoms with van der Waals surface area (Å²) < 4.78 is 30.5. The summed E-state index contributed by atoms with van der Waals surface area (Å²) in [5.74, 6) is 0.555. The molecule has 0 radical (unpaired) electrons. The van der Waals surface area contributed by atoms with Crippen LogP contribution in [0.25, 0.3) is 0 Å². The zero-order chi connectivity index (χ0) is 17.8. The minimum atomic E-state index is -3.61. The van der Waals surface area contributed by atoms with Crippen molar-refractivity contribution in [3.63, 3.8) is 0 Å². The first-order valence-electron chi connectivity index (χ1n) is 7.51. The van der Waals surface area contributed by atoms with Crippen molar-refractivity contribution in [3.8, 4) is 5.75 Å². The summed E-state index contributed by atoms with van der Waals surface area (Å²) in [6.45, 7) is 7.46. The number of nitrogens with zero attached hydrogens (tertiary/aromatic N) is 1. The van der Waals surface area contributed by atoms with Crippen LogP contribution in [0, 0.1) is 5.92 Å². The van der Waals surface area contributed by atoms with E-state index in [4.69, 9.17) is 4.74 Å². The lowest BCUT2D eigenvalue weighted by molar-refractivity contribution is -0.122. The van der Waals surface area contributed by atoms with E-state index >= 15 is 0 Å². The Morgan fingerprint density at radius 1 is 1.13 bits per heavy atom. The highest BCUT2D eigenvalue weighted by molar-refractivity contribution is 7.92. The number of methoxy groups -OCH3 is 1. The van der Waals surface area contributed by atoms with Gasteiger partial charge in [-0.15, -0.1) is 0 Å².